The van der Waals surface area contributed by atoms with Gasteiger partial charge < -0.3 is 14.8 Å². The van der Waals surface area contributed by atoms with Gasteiger partial charge in [-0.2, -0.15) is 9.28 Å². The first-order valence-electron chi connectivity index (χ1n) is 10.6. The zero-order valence-electron chi connectivity index (χ0n) is 17.3. The minimum atomic E-state index is -0.421. The molecule has 160 valence electrons. The number of ketones is 1. The number of nitrogens with zero attached hydrogens (tertiary/aromatic N) is 2. The minimum absolute atomic E-state index is 0.0336. The summed E-state index contributed by atoms with van der Waals surface area (Å²) in [6, 6.07) is 16.0. The lowest BCUT2D eigenvalue weighted by Crippen LogP contribution is -2.55. The van der Waals surface area contributed by atoms with Gasteiger partial charge in [0, 0.05) is 6.20 Å². The first kappa shape index (κ1) is 20.8. The number of hydrogen-bond donors (Lipinski definition) is 2. The lowest BCUT2D eigenvalue weighted by Gasteiger charge is -2.31. The number of amides is 1. The summed E-state index contributed by atoms with van der Waals surface area (Å²) < 4.78 is 5.64. The number of carbonyl (C=O) groups excluding carboxylic acids is 2. The number of H-pyrrole nitrogens is 1. The third kappa shape index (κ3) is 4.36. The fourth-order valence-electron chi connectivity index (χ4n) is 4.05. The summed E-state index contributed by atoms with van der Waals surface area (Å²) in [6.45, 7) is 1.27. The number of carbonyl (C=O) groups is 2. The second-order valence-corrected chi connectivity index (χ2v) is 7.83. The fraction of sp³-hybridized carbons (Fsp3) is 0.292. The maximum absolute atomic E-state index is 13.4. The number of pyridine rings is 1. The van der Waals surface area contributed by atoms with Gasteiger partial charge in [0.15, 0.2) is 5.75 Å². The Kier molecular flexibility index (Phi) is 6.13. The average Bonchev–Trinajstić information content (AvgIpc) is 3.04. The molecule has 0 bridgehead atoms. The van der Waals surface area contributed by atoms with E-state index >= 15 is 0 Å². The number of ether oxygens (including phenoxy) is 1. The van der Waals surface area contributed by atoms with E-state index in [1.54, 1.807) is 18.2 Å². The molecule has 1 saturated heterocycles. The minimum Gasteiger partial charge on any atom is -0.505 e. The van der Waals surface area contributed by atoms with Crippen LogP contribution in [0.4, 0.5) is 10.6 Å². The Morgan fingerprint density at radius 1 is 1.00 bits per heavy atom. The third-order valence-electron chi connectivity index (χ3n) is 5.75. The molecular weight excluding hydrogens is 394 g/mol. The van der Waals surface area contributed by atoms with Crippen molar-refractivity contribution in [3.05, 3.63) is 77.7 Å². The van der Waals surface area contributed by atoms with Crippen LogP contribution in [0.5, 0.6) is 5.75 Å². The maximum Gasteiger partial charge on any atom is 0.522 e. The predicted octanol–water partition coefficient (Wildman–Crippen LogP) is 4.56. The smallest absolute Gasteiger partial charge is 0.505 e. The average molecular weight is 420 g/mol. The van der Waals surface area contributed by atoms with Crippen molar-refractivity contribution in [3.63, 3.8) is 0 Å². The van der Waals surface area contributed by atoms with Crippen LogP contribution in [0.1, 0.15) is 47.4 Å². The van der Waals surface area contributed by atoms with Crippen LogP contribution in [0.25, 0.3) is 0 Å². The Balaban J connectivity index is 1.64. The largest absolute Gasteiger partial charge is 0.522 e. The summed E-state index contributed by atoms with van der Waals surface area (Å²) in [4.78, 5) is 33.3. The Bertz CT molecular complexity index is 1040. The van der Waals surface area contributed by atoms with Gasteiger partial charge in [-0.25, -0.2) is 0 Å². The van der Waals surface area contributed by atoms with Gasteiger partial charge in [0.25, 0.3) is 0 Å². The monoisotopic (exact) mass is 420 g/mol. The van der Waals surface area contributed by atoms with Crippen molar-refractivity contribution in [3.8, 4) is 5.75 Å². The van der Waals surface area contributed by atoms with Gasteiger partial charge in [-0.1, -0.05) is 36.4 Å². The van der Waals surface area contributed by atoms with Crippen molar-refractivity contribution < 1.29 is 19.4 Å². The van der Waals surface area contributed by atoms with E-state index in [0.29, 0.717) is 18.9 Å². The van der Waals surface area contributed by atoms with E-state index in [1.807, 2.05) is 30.3 Å². The lowest BCUT2D eigenvalue weighted by atomic mass is 10.2. The van der Waals surface area contributed by atoms with Crippen LogP contribution < -0.4 is 4.48 Å². The molecule has 0 aliphatic carbocycles. The molecule has 0 unspecified atom stereocenters. The quantitative estimate of drug-likeness (QED) is 0.466. The van der Waals surface area contributed by atoms with Crippen LogP contribution in [-0.4, -0.2) is 40.0 Å². The van der Waals surface area contributed by atoms with Crippen molar-refractivity contribution in [2.45, 2.75) is 32.3 Å². The molecule has 1 aliphatic rings. The molecule has 0 saturated carbocycles. The van der Waals surface area contributed by atoms with Crippen LogP contribution in [0.15, 0.2) is 60.8 Å². The van der Waals surface area contributed by atoms with E-state index in [4.69, 9.17) is 4.74 Å². The van der Waals surface area contributed by atoms with Gasteiger partial charge >= 0.3 is 6.09 Å². The fourth-order valence-corrected chi connectivity index (χ4v) is 4.05. The molecule has 2 aromatic heterocycles. The third-order valence-corrected chi connectivity index (χ3v) is 5.75. The van der Waals surface area contributed by atoms with E-state index in [2.05, 4.69) is 9.97 Å². The molecule has 1 aliphatic heterocycles. The van der Waals surface area contributed by atoms with E-state index in [-0.39, 0.29) is 34.3 Å². The number of aromatic hydroxyl groups is 1. The van der Waals surface area contributed by atoms with Gasteiger partial charge in [-0.3, -0.25) is 9.78 Å². The number of hydrogen-bond acceptors (Lipinski definition) is 5. The molecule has 0 spiro atoms. The highest BCUT2D eigenvalue weighted by atomic mass is 16.6. The highest BCUT2D eigenvalue weighted by Gasteiger charge is 2.44. The molecule has 4 rings (SSSR count). The Hall–Kier alpha value is -3.45. The summed E-state index contributed by atoms with van der Waals surface area (Å²) >= 11 is 0. The summed E-state index contributed by atoms with van der Waals surface area (Å²) in [5.74, 6) is -0.144. The summed E-state index contributed by atoms with van der Waals surface area (Å²) in [7, 11) is 0. The predicted molar refractivity (Wildman–Crippen MR) is 117 cm³/mol. The molecule has 1 amide bonds. The van der Waals surface area contributed by atoms with Crippen LogP contribution in [0, 0.1) is 0 Å². The maximum atomic E-state index is 13.4. The molecule has 1 aromatic carbocycles. The highest BCUT2D eigenvalue weighted by molar-refractivity contribution is 6.08. The van der Waals surface area contributed by atoms with Crippen LogP contribution in [0.2, 0.25) is 0 Å². The van der Waals surface area contributed by atoms with E-state index < -0.39 is 5.78 Å². The zero-order chi connectivity index (χ0) is 21.7. The normalized spacial score (nSPS) is 15.7. The van der Waals surface area contributed by atoms with Crippen LogP contribution in [-0.2, 0) is 11.3 Å². The van der Waals surface area contributed by atoms with E-state index in [9.17, 15) is 14.7 Å². The topological polar surface area (TPSA) is 92.3 Å². The Morgan fingerprint density at radius 2 is 1.71 bits per heavy atom. The standard InChI is InChI=1S/C24H25N3O4/c28-20-16-21(26-22(20)23(29)19-12-6-7-13-25-19)27(14-8-1-2-9-15-27)24(30)31-17-18-10-4-3-5-11-18/h3-7,10-13,16H,1-2,8-9,14-15,17H2,(H-,25,26,28,29)/p+1. The van der Waals surface area contributed by atoms with Crippen molar-refractivity contribution in [2.24, 2.45) is 0 Å². The molecule has 3 aromatic rings. The van der Waals surface area contributed by atoms with Gasteiger partial charge in [0.1, 0.15) is 18.0 Å². The Labute approximate surface area is 180 Å². The molecule has 3 heterocycles. The summed E-state index contributed by atoms with van der Waals surface area (Å²) in [5.41, 5.74) is 1.16. The number of rotatable bonds is 5. The molecule has 7 nitrogen and oxygen atoms in total. The van der Waals surface area contributed by atoms with Gasteiger partial charge in [-0.05, 0) is 43.4 Å². The summed E-state index contributed by atoms with van der Waals surface area (Å²) in [6.07, 6.45) is 4.89. The molecule has 2 N–H and O–H groups in total. The van der Waals surface area contributed by atoms with Crippen molar-refractivity contribution >= 4 is 17.7 Å². The second kappa shape index (κ2) is 9.14. The summed E-state index contributed by atoms with van der Waals surface area (Å²) in [5, 5.41) is 10.5. The SMILES string of the molecule is O=C(c1ccccn1)c1[nH]c([N+]2(C(=O)OCc3ccccc3)CCCCCC2)cc1O. The highest BCUT2D eigenvalue weighted by Crippen LogP contribution is 2.34. The zero-order valence-corrected chi connectivity index (χ0v) is 17.3. The van der Waals surface area contributed by atoms with Gasteiger partial charge in [-0.15, -0.1) is 0 Å². The van der Waals surface area contributed by atoms with Gasteiger partial charge in [0.05, 0.1) is 19.2 Å². The first-order valence-corrected chi connectivity index (χ1v) is 10.6. The molecule has 0 atom stereocenters. The first-order chi connectivity index (χ1) is 15.1. The Morgan fingerprint density at radius 3 is 2.39 bits per heavy atom. The van der Waals surface area contributed by atoms with Crippen molar-refractivity contribution in [2.75, 3.05) is 13.1 Å². The number of quaternary nitrogens is 1. The number of benzene rings is 1. The van der Waals surface area contributed by atoms with Crippen molar-refractivity contribution in [1.82, 2.24) is 14.5 Å². The molecule has 7 heteroatoms. The lowest BCUT2D eigenvalue weighted by molar-refractivity contribution is 0.0968. The number of nitrogens with one attached hydrogen (secondary N) is 1. The number of likely N-dealkylation sites (tertiary alicyclic amines) is 1. The van der Waals surface area contributed by atoms with E-state index in [0.717, 1.165) is 31.2 Å². The van der Waals surface area contributed by atoms with Gasteiger partial charge in [0.2, 0.25) is 11.6 Å². The number of aromatic nitrogens is 2. The van der Waals surface area contributed by atoms with Crippen LogP contribution >= 0.6 is 0 Å². The van der Waals surface area contributed by atoms with Crippen LogP contribution in [0.3, 0.4) is 0 Å². The molecular formula is C24H26N3O4+. The second-order valence-electron chi connectivity index (χ2n) is 7.83. The van der Waals surface area contributed by atoms with Crippen molar-refractivity contribution in [1.29, 1.82) is 0 Å². The number of aromatic amines is 1. The molecule has 31 heavy (non-hydrogen) atoms. The van der Waals surface area contributed by atoms with E-state index in [1.165, 1.54) is 12.3 Å². The molecule has 1 fully saturated rings. The molecule has 0 radical (unpaired) electrons.